The number of benzene rings is 1. The number of carbonyl (C=O) groups is 2. The molecule has 0 saturated heterocycles. The quantitative estimate of drug-likeness (QED) is 0.750. The molecule has 1 aliphatic heterocycles. The lowest BCUT2D eigenvalue weighted by molar-refractivity contribution is -0.122. The van der Waals surface area contributed by atoms with Crippen molar-refractivity contribution in [3.05, 3.63) is 29.1 Å². The number of fused-ring (bicyclic) bond motifs is 1. The molecule has 1 aromatic carbocycles. The Labute approximate surface area is 136 Å². The Balaban J connectivity index is 1.85. The molecule has 0 radical (unpaired) electrons. The van der Waals surface area contributed by atoms with Gasteiger partial charge in [-0.05, 0) is 36.1 Å². The highest BCUT2D eigenvalue weighted by molar-refractivity contribution is 5.91. The first-order valence-electron chi connectivity index (χ1n) is 8.05. The topological polar surface area (TPSA) is 70.2 Å². The first-order valence-corrected chi connectivity index (χ1v) is 8.05. The standard InChI is InChI=1S/C17H24FN3O2/c1-11(2)9-16(23)20-8-6-15(22)21-14-4-3-12-10-19-7-5-13(12)17(14)18/h3-4,11,19H,5-10H2,1-2H3,(H,20,23)(H,21,22). The fourth-order valence-corrected chi connectivity index (χ4v) is 2.60. The minimum atomic E-state index is -0.346. The number of rotatable bonds is 6. The molecule has 0 atom stereocenters. The molecule has 0 aliphatic carbocycles. The van der Waals surface area contributed by atoms with E-state index in [4.69, 9.17) is 0 Å². The number of carbonyl (C=O) groups excluding carboxylic acids is 2. The predicted octanol–water partition coefficient (Wildman–Crippen LogP) is 1.96. The van der Waals surface area contributed by atoms with Gasteiger partial charge >= 0.3 is 0 Å². The molecule has 1 heterocycles. The van der Waals surface area contributed by atoms with Crippen LogP contribution in [0.1, 0.15) is 37.8 Å². The molecule has 3 N–H and O–H groups in total. The van der Waals surface area contributed by atoms with E-state index in [0.29, 0.717) is 24.9 Å². The second-order valence-electron chi connectivity index (χ2n) is 6.24. The molecule has 5 nitrogen and oxygen atoms in total. The van der Waals surface area contributed by atoms with Crippen molar-refractivity contribution < 1.29 is 14.0 Å². The van der Waals surface area contributed by atoms with E-state index in [1.807, 2.05) is 19.9 Å². The first kappa shape index (κ1) is 17.4. The summed E-state index contributed by atoms with van der Waals surface area (Å²) in [4.78, 5) is 23.4. The van der Waals surface area contributed by atoms with Crippen LogP contribution in [0.25, 0.3) is 0 Å². The van der Waals surface area contributed by atoms with Crippen LogP contribution in [0.15, 0.2) is 12.1 Å². The summed E-state index contributed by atoms with van der Waals surface area (Å²) in [6.07, 6.45) is 1.19. The number of hydrogen-bond donors (Lipinski definition) is 3. The number of amides is 2. The van der Waals surface area contributed by atoms with Crippen LogP contribution < -0.4 is 16.0 Å². The van der Waals surface area contributed by atoms with Crippen molar-refractivity contribution in [1.82, 2.24) is 10.6 Å². The van der Waals surface area contributed by atoms with Crippen LogP contribution in [0.2, 0.25) is 0 Å². The molecule has 0 fully saturated rings. The molecule has 2 amide bonds. The highest BCUT2D eigenvalue weighted by Gasteiger charge is 2.17. The van der Waals surface area contributed by atoms with Gasteiger partial charge in [0, 0.05) is 25.9 Å². The Morgan fingerprint density at radius 2 is 2.09 bits per heavy atom. The van der Waals surface area contributed by atoms with E-state index < -0.39 is 0 Å². The molecule has 0 bridgehead atoms. The predicted molar refractivity (Wildman–Crippen MR) is 87.5 cm³/mol. The average molecular weight is 321 g/mol. The van der Waals surface area contributed by atoms with Gasteiger partial charge in [-0.15, -0.1) is 0 Å². The van der Waals surface area contributed by atoms with Crippen LogP contribution in [0, 0.1) is 11.7 Å². The molecule has 6 heteroatoms. The van der Waals surface area contributed by atoms with Gasteiger partial charge in [0.2, 0.25) is 11.8 Å². The van der Waals surface area contributed by atoms with Crippen LogP contribution in [0.4, 0.5) is 10.1 Å². The van der Waals surface area contributed by atoms with Crippen LogP contribution in [0.5, 0.6) is 0 Å². The molecular weight excluding hydrogens is 297 g/mol. The third kappa shape index (κ3) is 5.03. The Morgan fingerprint density at radius 3 is 2.83 bits per heavy atom. The van der Waals surface area contributed by atoms with Gasteiger partial charge in [0.25, 0.3) is 0 Å². The molecule has 0 saturated carbocycles. The minimum absolute atomic E-state index is 0.0692. The normalized spacial score (nSPS) is 13.6. The third-order valence-electron chi connectivity index (χ3n) is 3.75. The highest BCUT2D eigenvalue weighted by Crippen LogP contribution is 2.24. The maximum atomic E-state index is 14.4. The number of halogens is 1. The van der Waals surface area contributed by atoms with Crippen LogP contribution in [-0.2, 0) is 22.6 Å². The Hall–Kier alpha value is -1.95. The molecular formula is C17H24FN3O2. The lowest BCUT2D eigenvalue weighted by Gasteiger charge is -2.19. The molecule has 1 aromatic rings. The van der Waals surface area contributed by atoms with Gasteiger partial charge < -0.3 is 16.0 Å². The second-order valence-corrected chi connectivity index (χ2v) is 6.24. The fourth-order valence-electron chi connectivity index (χ4n) is 2.60. The van der Waals surface area contributed by atoms with Gasteiger partial charge in [-0.25, -0.2) is 4.39 Å². The van der Waals surface area contributed by atoms with Crippen molar-refractivity contribution in [2.75, 3.05) is 18.4 Å². The van der Waals surface area contributed by atoms with E-state index in [-0.39, 0.29) is 42.2 Å². The van der Waals surface area contributed by atoms with Crippen molar-refractivity contribution in [2.45, 2.75) is 39.7 Å². The van der Waals surface area contributed by atoms with Gasteiger partial charge in [0.1, 0.15) is 5.82 Å². The number of anilines is 1. The van der Waals surface area contributed by atoms with Crippen LogP contribution in [0.3, 0.4) is 0 Å². The zero-order chi connectivity index (χ0) is 16.8. The van der Waals surface area contributed by atoms with Crippen molar-refractivity contribution in [1.29, 1.82) is 0 Å². The van der Waals surface area contributed by atoms with Crippen molar-refractivity contribution in [3.8, 4) is 0 Å². The molecule has 1 aliphatic rings. The second kappa shape index (κ2) is 8.06. The summed E-state index contributed by atoms with van der Waals surface area (Å²) in [5.74, 6) is -0.438. The third-order valence-corrected chi connectivity index (χ3v) is 3.75. The molecule has 0 spiro atoms. The minimum Gasteiger partial charge on any atom is -0.356 e. The molecule has 126 valence electrons. The average Bonchev–Trinajstić information content (AvgIpc) is 2.49. The van der Waals surface area contributed by atoms with E-state index in [1.54, 1.807) is 6.07 Å². The van der Waals surface area contributed by atoms with E-state index in [1.165, 1.54) is 0 Å². The maximum Gasteiger partial charge on any atom is 0.226 e. The summed E-state index contributed by atoms with van der Waals surface area (Å²) in [5.41, 5.74) is 1.82. The van der Waals surface area contributed by atoms with Crippen molar-refractivity contribution >= 4 is 17.5 Å². The zero-order valence-corrected chi connectivity index (χ0v) is 13.7. The SMILES string of the molecule is CC(C)CC(=O)NCCC(=O)Nc1ccc2c(c1F)CCNC2. The van der Waals surface area contributed by atoms with E-state index in [9.17, 15) is 14.0 Å². The summed E-state index contributed by atoms with van der Waals surface area (Å²) in [6, 6.07) is 3.43. The van der Waals surface area contributed by atoms with E-state index >= 15 is 0 Å². The van der Waals surface area contributed by atoms with Gasteiger partial charge in [0.05, 0.1) is 5.69 Å². The summed E-state index contributed by atoms with van der Waals surface area (Å²) < 4.78 is 14.4. The largest absolute Gasteiger partial charge is 0.356 e. The molecule has 2 rings (SSSR count). The molecule has 0 unspecified atom stereocenters. The van der Waals surface area contributed by atoms with Crippen molar-refractivity contribution in [2.24, 2.45) is 5.92 Å². The summed E-state index contributed by atoms with van der Waals surface area (Å²) in [6.45, 7) is 5.57. The lowest BCUT2D eigenvalue weighted by atomic mass is 9.99. The van der Waals surface area contributed by atoms with Gasteiger partial charge in [0.15, 0.2) is 0 Å². The summed E-state index contributed by atoms with van der Waals surface area (Å²) >= 11 is 0. The van der Waals surface area contributed by atoms with Crippen molar-refractivity contribution in [3.63, 3.8) is 0 Å². The van der Waals surface area contributed by atoms with Crippen LogP contribution >= 0.6 is 0 Å². The van der Waals surface area contributed by atoms with Gasteiger partial charge in [-0.2, -0.15) is 0 Å². The lowest BCUT2D eigenvalue weighted by Crippen LogP contribution is -2.29. The van der Waals surface area contributed by atoms with E-state index in [0.717, 1.165) is 12.1 Å². The van der Waals surface area contributed by atoms with Crippen LogP contribution in [-0.4, -0.2) is 24.9 Å². The smallest absolute Gasteiger partial charge is 0.226 e. The van der Waals surface area contributed by atoms with Gasteiger partial charge in [-0.1, -0.05) is 19.9 Å². The Bertz CT molecular complexity index is 587. The van der Waals surface area contributed by atoms with E-state index in [2.05, 4.69) is 16.0 Å². The zero-order valence-electron chi connectivity index (χ0n) is 13.7. The molecule has 0 aromatic heterocycles. The van der Waals surface area contributed by atoms with Gasteiger partial charge in [-0.3, -0.25) is 9.59 Å². The Kier molecular flexibility index (Phi) is 6.10. The fraction of sp³-hybridized carbons (Fsp3) is 0.529. The first-order chi connectivity index (χ1) is 11.0. The molecule has 23 heavy (non-hydrogen) atoms. The Morgan fingerprint density at radius 1 is 1.30 bits per heavy atom. The number of nitrogens with one attached hydrogen (secondary N) is 3. The highest BCUT2D eigenvalue weighted by atomic mass is 19.1. The number of hydrogen-bond acceptors (Lipinski definition) is 3. The monoisotopic (exact) mass is 321 g/mol. The summed E-state index contributed by atoms with van der Waals surface area (Å²) in [5, 5.41) is 8.47. The maximum absolute atomic E-state index is 14.4. The summed E-state index contributed by atoms with van der Waals surface area (Å²) in [7, 11) is 0.